The number of anilines is 2. The number of aryl methyl sites for hydroxylation is 1. The molecular formula is C19H19N4O2S+. The van der Waals surface area contributed by atoms with Gasteiger partial charge in [-0.25, -0.2) is 4.98 Å². The van der Waals surface area contributed by atoms with E-state index in [9.17, 15) is 10.1 Å². The standard InChI is InChI=1S/C19H18N4O2S/c1-3-12-13(9-20)18(22)23-19-14(12)15(21)17(26-19)16(24)10-5-7-11(8-6-10)25-4-2/h5-8H,3-4,21H2,1-2H3,(H2,22,23)/p+1. The van der Waals surface area contributed by atoms with Crippen molar-refractivity contribution in [2.45, 2.75) is 20.3 Å². The van der Waals surface area contributed by atoms with Gasteiger partial charge in [-0.2, -0.15) is 5.26 Å². The second-order valence-electron chi connectivity index (χ2n) is 5.69. The Morgan fingerprint density at radius 3 is 2.54 bits per heavy atom. The molecule has 0 aliphatic heterocycles. The van der Waals surface area contributed by atoms with E-state index in [1.807, 2.05) is 13.8 Å². The number of nitrogens with one attached hydrogen (secondary N) is 1. The summed E-state index contributed by atoms with van der Waals surface area (Å²) in [6.45, 7) is 4.40. The van der Waals surface area contributed by atoms with Crippen molar-refractivity contribution in [3.05, 3.63) is 45.8 Å². The first kappa shape index (κ1) is 17.7. The molecule has 3 rings (SSSR count). The highest BCUT2D eigenvalue weighted by molar-refractivity contribution is 7.21. The van der Waals surface area contributed by atoms with E-state index in [1.54, 1.807) is 24.3 Å². The molecule has 0 fully saturated rings. The molecule has 7 heteroatoms. The van der Waals surface area contributed by atoms with Crippen molar-refractivity contribution in [1.82, 2.24) is 0 Å². The van der Waals surface area contributed by atoms with Crippen molar-refractivity contribution in [2.75, 3.05) is 18.1 Å². The monoisotopic (exact) mass is 367 g/mol. The van der Waals surface area contributed by atoms with Crippen molar-refractivity contribution in [2.24, 2.45) is 0 Å². The Bertz CT molecular complexity index is 1030. The molecule has 2 aromatic heterocycles. The molecule has 26 heavy (non-hydrogen) atoms. The second-order valence-corrected chi connectivity index (χ2v) is 6.71. The van der Waals surface area contributed by atoms with Crippen LogP contribution in [0.1, 0.15) is 40.2 Å². The van der Waals surface area contributed by atoms with Crippen LogP contribution < -0.4 is 21.2 Å². The number of carbonyl (C=O) groups excluding carboxylic acids is 1. The van der Waals surface area contributed by atoms with Crippen LogP contribution in [0, 0.1) is 11.3 Å². The van der Waals surface area contributed by atoms with Gasteiger partial charge in [-0.05, 0) is 43.2 Å². The first-order valence-corrected chi connectivity index (χ1v) is 9.06. The number of hydrogen-bond acceptors (Lipinski definition) is 6. The summed E-state index contributed by atoms with van der Waals surface area (Å²) in [5.41, 5.74) is 14.3. The Kier molecular flexibility index (Phi) is 4.78. The van der Waals surface area contributed by atoms with Crippen molar-refractivity contribution >= 4 is 38.8 Å². The smallest absolute Gasteiger partial charge is 0.289 e. The maximum atomic E-state index is 12.9. The van der Waals surface area contributed by atoms with Gasteiger partial charge in [0.2, 0.25) is 5.78 Å². The molecule has 0 spiro atoms. The van der Waals surface area contributed by atoms with E-state index >= 15 is 0 Å². The molecule has 0 saturated carbocycles. The Balaban J connectivity index is 2.12. The molecule has 0 radical (unpaired) electrons. The van der Waals surface area contributed by atoms with Crippen molar-refractivity contribution in [3.63, 3.8) is 0 Å². The van der Waals surface area contributed by atoms with Crippen LogP contribution in [-0.4, -0.2) is 12.4 Å². The zero-order chi connectivity index (χ0) is 18.8. The lowest BCUT2D eigenvalue weighted by Crippen LogP contribution is -2.14. The molecule has 132 valence electrons. The maximum Gasteiger partial charge on any atom is 0.289 e. The summed E-state index contributed by atoms with van der Waals surface area (Å²) in [5, 5.41) is 10.1. The van der Waals surface area contributed by atoms with Gasteiger partial charge in [0.15, 0.2) is 4.83 Å². The van der Waals surface area contributed by atoms with Gasteiger partial charge >= 0.3 is 0 Å². The van der Waals surface area contributed by atoms with Gasteiger partial charge in [0.05, 0.1) is 17.7 Å². The third kappa shape index (κ3) is 2.85. The molecule has 0 saturated heterocycles. The van der Waals surface area contributed by atoms with E-state index < -0.39 is 0 Å². The van der Waals surface area contributed by atoms with Crippen LogP contribution in [0.3, 0.4) is 0 Å². The summed E-state index contributed by atoms with van der Waals surface area (Å²) in [5.74, 6) is 0.832. The van der Waals surface area contributed by atoms with Crippen LogP contribution in [0.5, 0.6) is 5.75 Å². The van der Waals surface area contributed by atoms with E-state index in [-0.39, 0.29) is 11.6 Å². The van der Waals surface area contributed by atoms with Gasteiger partial charge in [-0.15, -0.1) is 0 Å². The van der Waals surface area contributed by atoms with Crippen LogP contribution in [0.4, 0.5) is 11.5 Å². The van der Waals surface area contributed by atoms with Gasteiger partial charge in [0.25, 0.3) is 5.82 Å². The van der Waals surface area contributed by atoms with Gasteiger partial charge in [0, 0.05) is 5.56 Å². The van der Waals surface area contributed by atoms with Crippen LogP contribution in [0.15, 0.2) is 24.3 Å². The first-order chi connectivity index (χ1) is 12.5. The Hall–Kier alpha value is -3.11. The molecule has 0 atom stereocenters. The molecule has 5 N–H and O–H groups in total. The molecule has 2 heterocycles. The van der Waals surface area contributed by atoms with E-state index in [1.165, 1.54) is 11.3 Å². The number of carbonyl (C=O) groups is 1. The van der Waals surface area contributed by atoms with E-state index in [4.69, 9.17) is 16.2 Å². The summed E-state index contributed by atoms with van der Waals surface area (Å²) < 4.78 is 5.40. The average Bonchev–Trinajstić information content (AvgIpc) is 2.97. The van der Waals surface area contributed by atoms with Gasteiger partial charge < -0.3 is 10.5 Å². The third-order valence-electron chi connectivity index (χ3n) is 4.17. The number of nitrogens with zero attached hydrogens (tertiary/aromatic N) is 1. The van der Waals surface area contributed by atoms with Gasteiger partial charge in [-0.3, -0.25) is 10.5 Å². The summed E-state index contributed by atoms with van der Waals surface area (Å²) in [6.07, 6.45) is 0.593. The fraction of sp³-hybridized carbons (Fsp3) is 0.211. The molecule has 0 aliphatic carbocycles. The fourth-order valence-corrected chi connectivity index (χ4v) is 4.08. The molecule has 0 aliphatic rings. The van der Waals surface area contributed by atoms with E-state index in [2.05, 4.69) is 11.1 Å². The van der Waals surface area contributed by atoms with E-state index in [0.717, 1.165) is 5.56 Å². The number of ketones is 1. The topological polar surface area (TPSA) is 116 Å². The van der Waals surface area contributed by atoms with Crippen LogP contribution in [-0.2, 0) is 6.42 Å². The number of nitrogens with two attached hydrogens (primary N) is 2. The number of ether oxygens (including phenoxy) is 1. The summed E-state index contributed by atoms with van der Waals surface area (Å²) in [6, 6.07) is 9.07. The van der Waals surface area contributed by atoms with Crippen LogP contribution >= 0.6 is 11.3 Å². The number of aromatic amines is 1. The van der Waals surface area contributed by atoms with Crippen LogP contribution in [0.25, 0.3) is 10.2 Å². The number of fused-ring (bicyclic) bond motifs is 1. The number of thiophene rings is 1. The molecule has 0 amide bonds. The fourth-order valence-electron chi connectivity index (χ4n) is 2.95. The number of rotatable bonds is 5. The molecular weight excluding hydrogens is 348 g/mol. The maximum absolute atomic E-state index is 12.9. The molecule has 3 aromatic rings. The summed E-state index contributed by atoms with van der Waals surface area (Å²) >= 11 is 1.25. The molecule has 0 unspecified atom stereocenters. The quantitative estimate of drug-likeness (QED) is 0.673. The Morgan fingerprint density at radius 1 is 1.27 bits per heavy atom. The van der Waals surface area contributed by atoms with Crippen LogP contribution in [0.2, 0.25) is 0 Å². The number of aromatic nitrogens is 1. The second kappa shape index (κ2) is 7.02. The lowest BCUT2D eigenvalue weighted by molar-refractivity contribution is -0.323. The number of pyridine rings is 1. The minimum absolute atomic E-state index is 0.167. The highest BCUT2D eigenvalue weighted by atomic mass is 32.1. The summed E-state index contributed by atoms with van der Waals surface area (Å²) in [4.78, 5) is 17.1. The highest BCUT2D eigenvalue weighted by Gasteiger charge is 2.25. The minimum atomic E-state index is -0.167. The zero-order valence-corrected chi connectivity index (χ0v) is 15.4. The number of nitrogen functional groups attached to an aromatic ring is 2. The zero-order valence-electron chi connectivity index (χ0n) is 14.6. The normalized spacial score (nSPS) is 10.7. The van der Waals surface area contributed by atoms with Crippen molar-refractivity contribution < 1.29 is 14.5 Å². The Morgan fingerprint density at radius 2 is 1.96 bits per heavy atom. The number of H-pyrrole nitrogens is 1. The SMILES string of the molecule is CCOc1ccc(C(=O)c2sc3[nH+]c(N)c(C#N)c(CC)c3c2N)cc1. The first-order valence-electron chi connectivity index (χ1n) is 8.25. The minimum Gasteiger partial charge on any atom is -0.494 e. The largest absolute Gasteiger partial charge is 0.494 e. The van der Waals surface area contributed by atoms with Gasteiger partial charge in [0.1, 0.15) is 22.3 Å². The predicted octanol–water partition coefficient (Wildman–Crippen LogP) is 2.94. The van der Waals surface area contributed by atoms with Crippen molar-refractivity contribution in [3.8, 4) is 11.8 Å². The third-order valence-corrected chi connectivity index (χ3v) is 5.29. The number of benzene rings is 1. The predicted molar refractivity (Wildman–Crippen MR) is 102 cm³/mol. The summed E-state index contributed by atoms with van der Waals surface area (Å²) in [7, 11) is 0. The molecule has 0 bridgehead atoms. The Labute approximate surface area is 155 Å². The van der Waals surface area contributed by atoms with E-state index in [0.29, 0.717) is 50.7 Å². The average molecular weight is 367 g/mol. The highest BCUT2D eigenvalue weighted by Crippen LogP contribution is 2.37. The molecule has 6 nitrogen and oxygen atoms in total. The van der Waals surface area contributed by atoms with Gasteiger partial charge in [-0.1, -0.05) is 18.3 Å². The lowest BCUT2D eigenvalue weighted by atomic mass is 10.0. The number of hydrogen-bond donors (Lipinski definition) is 2. The molecule has 1 aromatic carbocycles. The number of nitriles is 1. The van der Waals surface area contributed by atoms with Crippen molar-refractivity contribution in [1.29, 1.82) is 5.26 Å². The lowest BCUT2D eigenvalue weighted by Gasteiger charge is -2.05.